The first-order chi connectivity index (χ1) is 7.61. The van der Waals surface area contributed by atoms with Gasteiger partial charge in [-0.3, -0.25) is 4.79 Å². The average Bonchev–Trinajstić information content (AvgIpc) is 2.26. The first kappa shape index (κ1) is 12.6. The van der Waals surface area contributed by atoms with E-state index in [4.69, 9.17) is 10.4 Å². The van der Waals surface area contributed by atoms with Crippen LogP contribution in [0.3, 0.4) is 0 Å². The number of rotatable bonds is 5. The number of hydrogen-bond acceptors (Lipinski definition) is 3. The fraction of sp³-hybridized carbons (Fsp3) is 0.333. The molecule has 0 aliphatic rings. The predicted octanol–water partition coefficient (Wildman–Crippen LogP) is 2.65. The van der Waals surface area contributed by atoms with Crippen molar-refractivity contribution in [2.75, 3.05) is 0 Å². The van der Waals surface area contributed by atoms with E-state index in [0.29, 0.717) is 5.56 Å². The minimum atomic E-state index is -0.772. The topological polar surface area (TPSA) is 61.1 Å². The quantitative estimate of drug-likeness (QED) is 0.852. The van der Waals surface area contributed by atoms with Crippen LogP contribution >= 0.6 is 11.8 Å². The lowest BCUT2D eigenvalue weighted by molar-refractivity contribution is -0.136. The summed E-state index contributed by atoms with van der Waals surface area (Å²) in [4.78, 5) is 10.5. The van der Waals surface area contributed by atoms with Gasteiger partial charge in [0.25, 0.3) is 0 Å². The Labute approximate surface area is 99.1 Å². The van der Waals surface area contributed by atoms with Crippen LogP contribution in [0.5, 0.6) is 0 Å². The van der Waals surface area contributed by atoms with E-state index < -0.39 is 5.97 Å². The molecule has 1 aromatic rings. The van der Waals surface area contributed by atoms with Gasteiger partial charge in [0.15, 0.2) is 0 Å². The highest BCUT2D eigenvalue weighted by Crippen LogP contribution is 2.20. The van der Waals surface area contributed by atoms with Crippen LogP contribution in [0.4, 0.5) is 0 Å². The second kappa shape index (κ2) is 6.19. The van der Waals surface area contributed by atoms with Gasteiger partial charge in [-0.05, 0) is 17.7 Å². The monoisotopic (exact) mass is 235 g/mol. The van der Waals surface area contributed by atoms with Crippen LogP contribution in [0.25, 0.3) is 0 Å². The molecule has 1 unspecified atom stereocenters. The van der Waals surface area contributed by atoms with Crippen molar-refractivity contribution in [1.29, 1.82) is 5.26 Å². The number of aliphatic carboxylic acids is 1. The molecule has 1 N–H and O–H groups in total. The normalized spacial score (nSPS) is 11.8. The Morgan fingerprint density at radius 3 is 3.00 bits per heavy atom. The minimum Gasteiger partial charge on any atom is -0.481 e. The molecular weight excluding hydrogens is 222 g/mol. The first-order valence-corrected chi connectivity index (χ1v) is 5.99. The highest BCUT2D eigenvalue weighted by Gasteiger charge is 2.08. The highest BCUT2D eigenvalue weighted by molar-refractivity contribution is 7.99. The lowest BCUT2D eigenvalue weighted by atomic mass is 10.2. The van der Waals surface area contributed by atoms with E-state index in [1.807, 2.05) is 25.1 Å². The summed E-state index contributed by atoms with van der Waals surface area (Å²) >= 11 is 1.59. The standard InChI is InChI=1S/C12H13NO2S/c1-9(5-12(14)15)16-8-11-4-2-3-10(6-11)7-13/h2-4,6,9H,5,8H2,1H3,(H,14,15). The van der Waals surface area contributed by atoms with Crippen LogP contribution in [0.1, 0.15) is 24.5 Å². The van der Waals surface area contributed by atoms with Crippen molar-refractivity contribution >= 4 is 17.7 Å². The molecule has 84 valence electrons. The zero-order chi connectivity index (χ0) is 12.0. The molecule has 0 spiro atoms. The fourth-order valence-electron chi connectivity index (χ4n) is 1.27. The molecular formula is C12H13NO2S. The van der Waals surface area contributed by atoms with E-state index in [2.05, 4.69) is 6.07 Å². The van der Waals surface area contributed by atoms with Crippen molar-refractivity contribution in [3.8, 4) is 6.07 Å². The zero-order valence-corrected chi connectivity index (χ0v) is 9.83. The molecule has 1 aromatic carbocycles. The fourth-order valence-corrected chi connectivity index (χ4v) is 2.19. The molecule has 16 heavy (non-hydrogen) atoms. The number of nitrogens with zero attached hydrogens (tertiary/aromatic N) is 1. The Bertz CT molecular complexity index is 412. The summed E-state index contributed by atoms with van der Waals surface area (Å²) in [6, 6.07) is 9.47. The van der Waals surface area contributed by atoms with Crippen LogP contribution in [-0.4, -0.2) is 16.3 Å². The Morgan fingerprint density at radius 1 is 1.62 bits per heavy atom. The number of carboxylic acids is 1. The van der Waals surface area contributed by atoms with Gasteiger partial charge >= 0.3 is 5.97 Å². The van der Waals surface area contributed by atoms with Crippen molar-refractivity contribution in [3.05, 3.63) is 35.4 Å². The SMILES string of the molecule is CC(CC(=O)O)SCc1cccc(C#N)c1. The van der Waals surface area contributed by atoms with Crippen LogP contribution in [0.2, 0.25) is 0 Å². The van der Waals surface area contributed by atoms with Crippen molar-refractivity contribution in [2.45, 2.75) is 24.3 Å². The van der Waals surface area contributed by atoms with Crippen molar-refractivity contribution in [2.24, 2.45) is 0 Å². The molecule has 0 saturated heterocycles. The summed E-state index contributed by atoms with van der Waals surface area (Å²) in [7, 11) is 0. The maximum absolute atomic E-state index is 10.5. The number of carbonyl (C=O) groups is 1. The summed E-state index contributed by atoms with van der Waals surface area (Å²) in [6.45, 7) is 1.90. The average molecular weight is 235 g/mol. The van der Waals surface area contributed by atoms with E-state index in [1.54, 1.807) is 17.8 Å². The Hall–Kier alpha value is -1.47. The minimum absolute atomic E-state index is 0.0863. The number of thioether (sulfide) groups is 1. The predicted molar refractivity (Wildman–Crippen MR) is 64.2 cm³/mol. The second-order valence-corrected chi connectivity index (χ2v) is 4.96. The summed E-state index contributed by atoms with van der Waals surface area (Å²) in [5.41, 5.74) is 1.70. The summed E-state index contributed by atoms with van der Waals surface area (Å²) in [5, 5.41) is 17.4. The van der Waals surface area contributed by atoms with E-state index in [-0.39, 0.29) is 11.7 Å². The van der Waals surface area contributed by atoms with Gasteiger partial charge in [0.2, 0.25) is 0 Å². The molecule has 0 aromatic heterocycles. The number of hydrogen-bond donors (Lipinski definition) is 1. The Balaban J connectivity index is 2.48. The maximum Gasteiger partial charge on any atom is 0.304 e. The molecule has 0 saturated carbocycles. The molecule has 4 heteroatoms. The van der Waals surface area contributed by atoms with E-state index >= 15 is 0 Å². The second-order valence-electron chi connectivity index (χ2n) is 3.53. The molecule has 1 rings (SSSR count). The van der Waals surface area contributed by atoms with Gasteiger partial charge in [-0.25, -0.2) is 0 Å². The van der Waals surface area contributed by atoms with E-state index in [0.717, 1.165) is 11.3 Å². The summed E-state index contributed by atoms with van der Waals surface area (Å²) in [5.74, 6) is -0.0324. The van der Waals surface area contributed by atoms with Gasteiger partial charge in [-0.2, -0.15) is 17.0 Å². The van der Waals surface area contributed by atoms with Crippen molar-refractivity contribution in [3.63, 3.8) is 0 Å². The highest BCUT2D eigenvalue weighted by atomic mass is 32.2. The van der Waals surface area contributed by atoms with E-state index in [1.165, 1.54) is 0 Å². The zero-order valence-electron chi connectivity index (χ0n) is 9.01. The molecule has 0 radical (unpaired) electrons. The van der Waals surface area contributed by atoms with Gasteiger partial charge in [0.05, 0.1) is 18.1 Å². The number of carboxylic acid groups (broad SMARTS) is 1. The summed E-state index contributed by atoms with van der Waals surface area (Å²) in [6.07, 6.45) is 0.169. The number of benzene rings is 1. The van der Waals surface area contributed by atoms with Crippen LogP contribution < -0.4 is 0 Å². The molecule has 0 aliphatic carbocycles. The molecule has 3 nitrogen and oxygen atoms in total. The third-order valence-electron chi connectivity index (χ3n) is 2.05. The van der Waals surface area contributed by atoms with Crippen LogP contribution in [0.15, 0.2) is 24.3 Å². The third kappa shape index (κ3) is 4.37. The maximum atomic E-state index is 10.5. The van der Waals surface area contributed by atoms with Gasteiger partial charge in [-0.15, -0.1) is 0 Å². The van der Waals surface area contributed by atoms with Crippen LogP contribution in [0, 0.1) is 11.3 Å². The molecule has 0 amide bonds. The molecule has 0 bridgehead atoms. The van der Waals surface area contributed by atoms with E-state index in [9.17, 15) is 4.79 Å². The van der Waals surface area contributed by atoms with Gasteiger partial charge in [0, 0.05) is 11.0 Å². The van der Waals surface area contributed by atoms with Crippen molar-refractivity contribution < 1.29 is 9.90 Å². The molecule has 1 atom stereocenters. The number of nitriles is 1. The van der Waals surface area contributed by atoms with Crippen LogP contribution in [-0.2, 0) is 10.5 Å². The lowest BCUT2D eigenvalue weighted by Crippen LogP contribution is -2.05. The van der Waals surface area contributed by atoms with Crippen molar-refractivity contribution in [1.82, 2.24) is 0 Å². The largest absolute Gasteiger partial charge is 0.481 e. The first-order valence-electron chi connectivity index (χ1n) is 4.94. The third-order valence-corrected chi connectivity index (χ3v) is 3.29. The molecule has 0 fully saturated rings. The summed E-state index contributed by atoms with van der Waals surface area (Å²) < 4.78 is 0. The van der Waals surface area contributed by atoms with Gasteiger partial charge in [-0.1, -0.05) is 19.1 Å². The van der Waals surface area contributed by atoms with Gasteiger partial charge in [0.1, 0.15) is 0 Å². The Kier molecular flexibility index (Phi) is 4.87. The molecule has 0 heterocycles. The lowest BCUT2D eigenvalue weighted by Gasteiger charge is -2.08. The smallest absolute Gasteiger partial charge is 0.304 e. The Morgan fingerprint density at radius 2 is 2.38 bits per heavy atom. The molecule has 0 aliphatic heterocycles. The van der Waals surface area contributed by atoms with Gasteiger partial charge < -0.3 is 5.11 Å².